The molecule has 2 heterocycles. The fourth-order valence-electron chi connectivity index (χ4n) is 3.22. The first-order valence-corrected chi connectivity index (χ1v) is 9.30. The topological polar surface area (TPSA) is 66.7 Å². The largest absolute Gasteiger partial charge is 0.492 e. The molecule has 6 heteroatoms. The highest BCUT2D eigenvalue weighted by molar-refractivity contribution is 5.73. The van der Waals surface area contributed by atoms with Gasteiger partial charge in [-0.25, -0.2) is 4.79 Å². The van der Waals surface area contributed by atoms with Gasteiger partial charge in [0.15, 0.2) is 0 Å². The van der Waals surface area contributed by atoms with Gasteiger partial charge in [-0.3, -0.25) is 4.90 Å². The van der Waals surface area contributed by atoms with Crippen LogP contribution >= 0.6 is 0 Å². The van der Waals surface area contributed by atoms with Crippen LogP contribution < -0.4 is 15.4 Å². The van der Waals surface area contributed by atoms with Crippen molar-refractivity contribution < 1.29 is 13.9 Å². The summed E-state index contributed by atoms with van der Waals surface area (Å²) in [4.78, 5) is 14.5. The average Bonchev–Trinajstić information content (AvgIpc) is 3.22. The number of likely N-dealkylation sites (tertiary alicyclic amines) is 1. The SMILES string of the molecule is O=C(NCCOc1ccccc1)NCC(c1ccco1)N1CCCCC1. The molecule has 1 fully saturated rings. The van der Waals surface area contributed by atoms with Gasteiger partial charge < -0.3 is 19.8 Å². The number of carbonyl (C=O) groups is 1. The second kappa shape index (κ2) is 9.87. The van der Waals surface area contributed by atoms with Crippen LogP contribution in [0.3, 0.4) is 0 Å². The van der Waals surface area contributed by atoms with Crippen molar-refractivity contribution in [3.05, 3.63) is 54.5 Å². The van der Waals surface area contributed by atoms with Gasteiger partial charge in [0.25, 0.3) is 0 Å². The average molecular weight is 357 g/mol. The minimum absolute atomic E-state index is 0.0802. The summed E-state index contributed by atoms with van der Waals surface area (Å²) in [7, 11) is 0. The first-order valence-electron chi connectivity index (χ1n) is 9.30. The van der Waals surface area contributed by atoms with Crippen LogP contribution in [-0.4, -0.2) is 43.7 Å². The Morgan fingerprint density at radius 1 is 1.08 bits per heavy atom. The highest BCUT2D eigenvalue weighted by Crippen LogP contribution is 2.24. The Bertz CT molecular complexity index is 640. The second-order valence-electron chi connectivity index (χ2n) is 6.43. The highest BCUT2D eigenvalue weighted by Gasteiger charge is 2.24. The molecule has 1 saturated heterocycles. The third-order valence-corrected chi connectivity index (χ3v) is 4.56. The van der Waals surface area contributed by atoms with Crippen molar-refractivity contribution in [2.45, 2.75) is 25.3 Å². The molecule has 0 spiro atoms. The van der Waals surface area contributed by atoms with E-state index in [1.807, 2.05) is 42.5 Å². The Morgan fingerprint density at radius 3 is 2.62 bits per heavy atom. The number of urea groups is 1. The van der Waals surface area contributed by atoms with Crippen LogP contribution in [0, 0.1) is 0 Å². The van der Waals surface area contributed by atoms with E-state index < -0.39 is 0 Å². The van der Waals surface area contributed by atoms with E-state index in [4.69, 9.17) is 9.15 Å². The number of nitrogens with zero attached hydrogens (tertiary/aromatic N) is 1. The number of carbonyl (C=O) groups excluding carboxylic acids is 1. The lowest BCUT2D eigenvalue weighted by Crippen LogP contribution is -2.44. The Hall–Kier alpha value is -2.47. The minimum atomic E-state index is -0.185. The predicted octanol–water partition coefficient (Wildman–Crippen LogP) is 3.18. The Balaban J connectivity index is 1.41. The van der Waals surface area contributed by atoms with E-state index in [-0.39, 0.29) is 12.1 Å². The summed E-state index contributed by atoms with van der Waals surface area (Å²) in [5, 5.41) is 5.79. The maximum Gasteiger partial charge on any atom is 0.314 e. The number of furan rings is 1. The fraction of sp³-hybridized carbons (Fsp3) is 0.450. The molecule has 0 aliphatic carbocycles. The van der Waals surface area contributed by atoms with E-state index in [1.54, 1.807) is 6.26 Å². The van der Waals surface area contributed by atoms with Crippen LogP contribution in [0.25, 0.3) is 0 Å². The summed E-state index contributed by atoms with van der Waals surface area (Å²) in [6.07, 6.45) is 5.35. The molecule has 0 saturated carbocycles. The molecular formula is C20H27N3O3. The molecule has 2 aromatic rings. The van der Waals surface area contributed by atoms with Gasteiger partial charge in [-0.2, -0.15) is 0 Å². The van der Waals surface area contributed by atoms with E-state index in [9.17, 15) is 4.79 Å². The first kappa shape index (κ1) is 18.3. The number of para-hydroxylation sites is 1. The minimum Gasteiger partial charge on any atom is -0.492 e. The molecule has 1 aromatic heterocycles. The smallest absolute Gasteiger partial charge is 0.314 e. The van der Waals surface area contributed by atoms with E-state index in [2.05, 4.69) is 15.5 Å². The van der Waals surface area contributed by atoms with Crippen LogP contribution in [0.1, 0.15) is 31.1 Å². The van der Waals surface area contributed by atoms with Crippen LogP contribution in [0.5, 0.6) is 5.75 Å². The maximum absolute atomic E-state index is 12.1. The number of nitrogens with one attached hydrogen (secondary N) is 2. The molecule has 2 amide bonds. The van der Waals surface area contributed by atoms with Crippen LogP contribution in [-0.2, 0) is 0 Å². The van der Waals surface area contributed by atoms with Crippen molar-refractivity contribution in [2.75, 3.05) is 32.8 Å². The van der Waals surface area contributed by atoms with Crippen molar-refractivity contribution in [3.8, 4) is 5.75 Å². The second-order valence-corrected chi connectivity index (χ2v) is 6.43. The molecule has 0 radical (unpaired) electrons. The molecule has 6 nitrogen and oxygen atoms in total. The number of rotatable bonds is 8. The third-order valence-electron chi connectivity index (χ3n) is 4.56. The zero-order chi connectivity index (χ0) is 18.0. The lowest BCUT2D eigenvalue weighted by molar-refractivity contribution is 0.143. The maximum atomic E-state index is 12.1. The van der Waals surface area contributed by atoms with E-state index in [0.717, 1.165) is 24.6 Å². The van der Waals surface area contributed by atoms with Gasteiger partial charge in [0, 0.05) is 6.54 Å². The standard InChI is InChI=1S/C20H27N3O3/c24-20(21-11-15-25-17-8-3-1-4-9-17)22-16-18(19-10-7-14-26-19)23-12-5-2-6-13-23/h1,3-4,7-10,14,18H,2,5-6,11-13,15-16H2,(H2,21,22,24). The molecular weight excluding hydrogens is 330 g/mol. The molecule has 26 heavy (non-hydrogen) atoms. The lowest BCUT2D eigenvalue weighted by atomic mass is 10.1. The molecule has 1 aliphatic heterocycles. The summed E-state index contributed by atoms with van der Waals surface area (Å²) in [5.74, 6) is 1.71. The normalized spacial score (nSPS) is 16.0. The zero-order valence-corrected chi connectivity index (χ0v) is 15.0. The fourth-order valence-corrected chi connectivity index (χ4v) is 3.22. The summed E-state index contributed by atoms with van der Waals surface area (Å²) < 4.78 is 11.2. The van der Waals surface area contributed by atoms with Gasteiger partial charge >= 0.3 is 6.03 Å². The number of ether oxygens (including phenoxy) is 1. The number of benzene rings is 1. The van der Waals surface area contributed by atoms with Crippen molar-refractivity contribution >= 4 is 6.03 Å². The van der Waals surface area contributed by atoms with E-state index in [1.165, 1.54) is 19.3 Å². The van der Waals surface area contributed by atoms with Crippen molar-refractivity contribution in [1.82, 2.24) is 15.5 Å². The van der Waals surface area contributed by atoms with Gasteiger partial charge in [0.05, 0.1) is 18.8 Å². The van der Waals surface area contributed by atoms with Gasteiger partial charge in [-0.1, -0.05) is 24.6 Å². The molecule has 1 atom stereocenters. The molecule has 1 aliphatic rings. The summed E-state index contributed by atoms with van der Waals surface area (Å²) in [5.41, 5.74) is 0. The van der Waals surface area contributed by atoms with Gasteiger partial charge in [-0.15, -0.1) is 0 Å². The van der Waals surface area contributed by atoms with Gasteiger partial charge in [-0.05, 0) is 50.2 Å². The van der Waals surface area contributed by atoms with Crippen LogP contribution in [0.4, 0.5) is 4.79 Å². The number of hydrogen-bond donors (Lipinski definition) is 2. The lowest BCUT2D eigenvalue weighted by Gasteiger charge is -2.33. The summed E-state index contributed by atoms with van der Waals surface area (Å²) >= 11 is 0. The highest BCUT2D eigenvalue weighted by atomic mass is 16.5. The third kappa shape index (κ3) is 5.52. The van der Waals surface area contributed by atoms with Crippen molar-refractivity contribution in [1.29, 1.82) is 0 Å². The molecule has 0 bridgehead atoms. The molecule has 1 unspecified atom stereocenters. The quantitative estimate of drug-likeness (QED) is 0.712. The van der Waals surface area contributed by atoms with E-state index in [0.29, 0.717) is 19.7 Å². The molecule has 2 N–H and O–H groups in total. The van der Waals surface area contributed by atoms with Crippen LogP contribution in [0.15, 0.2) is 53.1 Å². The summed E-state index contributed by atoms with van der Waals surface area (Å²) in [6, 6.07) is 13.3. The monoisotopic (exact) mass is 357 g/mol. The number of piperidine rings is 1. The zero-order valence-electron chi connectivity index (χ0n) is 15.0. The van der Waals surface area contributed by atoms with Gasteiger partial charge in [0.2, 0.25) is 0 Å². The van der Waals surface area contributed by atoms with Crippen molar-refractivity contribution in [2.24, 2.45) is 0 Å². The van der Waals surface area contributed by atoms with E-state index >= 15 is 0 Å². The first-order chi connectivity index (χ1) is 12.8. The summed E-state index contributed by atoms with van der Waals surface area (Å²) in [6.45, 7) is 3.50. The molecule has 3 rings (SSSR count). The number of hydrogen-bond acceptors (Lipinski definition) is 4. The van der Waals surface area contributed by atoms with Crippen molar-refractivity contribution in [3.63, 3.8) is 0 Å². The van der Waals surface area contributed by atoms with Gasteiger partial charge in [0.1, 0.15) is 18.1 Å². The molecule has 1 aromatic carbocycles. The molecule has 140 valence electrons. The number of amides is 2. The predicted molar refractivity (Wildman–Crippen MR) is 100 cm³/mol. The Kier molecular flexibility index (Phi) is 6.96. The van der Waals surface area contributed by atoms with Crippen LogP contribution in [0.2, 0.25) is 0 Å². The Morgan fingerprint density at radius 2 is 1.88 bits per heavy atom. The Labute approximate surface area is 154 Å².